The number of nitrogens with two attached hydrogens (primary N) is 2. The van der Waals surface area contributed by atoms with Crippen LogP contribution in [0.5, 0.6) is 0 Å². The average Bonchev–Trinajstić information content (AvgIpc) is 2.70. The van der Waals surface area contributed by atoms with Crippen LogP contribution >= 0.6 is 0 Å². The first-order valence-corrected chi connectivity index (χ1v) is 11.3. The lowest BCUT2D eigenvalue weighted by molar-refractivity contribution is 0.459. The Kier molecular flexibility index (Phi) is 19.4. The summed E-state index contributed by atoms with van der Waals surface area (Å²) in [6.07, 6.45) is 20.2. The van der Waals surface area contributed by atoms with Crippen LogP contribution in [0.1, 0.15) is 77.0 Å². The van der Waals surface area contributed by atoms with E-state index in [1.54, 1.807) is 0 Å². The number of terminal acetylenes is 1. The fraction of sp³-hybridized carbons (Fsp3) is 0.818. The molecule has 0 saturated carbocycles. The molecule has 7 N–H and O–H groups in total. The zero-order chi connectivity index (χ0) is 21.6. The second-order valence-corrected chi connectivity index (χ2v) is 7.63. The first kappa shape index (κ1) is 27.1. The molecular formula is C22H45N7. The van der Waals surface area contributed by atoms with Gasteiger partial charge < -0.3 is 27.0 Å². The fourth-order valence-electron chi connectivity index (χ4n) is 3.10. The molecule has 0 aromatic rings. The van der Waals surface area contributed by atoms with Crippen molar-refractivity contribution in [2.75, 3.05) is 39.8 Å². The second-order valence-electron chi connectivity index (χ2n) is 7.63. The van der Waals surface area contributed by atoms with Gasteiger partial charge in [-0.1, -0.05) is 57.3 Å². The van der Waals surface area contributed by atoms with Crippen molar-refractivity contribution in [2.24, 2.45) is 16.5 Å². The zero-order valence-electron chi connectivity index (χ0n) is 18.6. The number of aliphatic imine (C=N–C) groups is 1. The van der Waals surface area contributed by atoms with E-state index in [2.05, 4.69) is 21.5 Å². The van der Waals surface area contributed by atoms with Crippen LogP contribution in [0.15, 0.2) is 4.99 Å². The molecule has 0 saturated heterocycles. The van der Waals surface area contributed by atoms with Crippen molar-refractivity contribution in [2.45, 2.75) is 77.0 Å². The zero-order valence-corrected chi connectivity index (χ0v) is 18.6. The van der Waals surface area contributed by atoms with Crippen molar-refractivity contribution < 1.29 is 0 Å². The van der Waals surface area contributed by atoms with Crippen molar-refractivity contribution in [3.05, 3.63) is 0 Å². The third-order valence-electron chi connectivity index (χ3n) is 4.92. The van der Waals surface area contributed by atoms with Crippen molar-refractivity contribution in [1.82, 2.24) is 15.5 Å². The van der Waals surface area contributed by atoms with Crippen LogP contribution in [0.2, 0.25) is 0 Å². The largest absolute Gasteiger partial charge is 0.370 e. The van der Waals surface area contributed by atoms with E-state index in [1.807, 2.05) is 11.9 Å². The lowest BCUT2D eigenvalue weighted by Crippen LogP contribution is -2.34. The molecule has 0 amide bonds. The van der Waals surface area contributed by atoms with Gasteiger partial charge in [0.1, 0.15) is 6.54 Å². The maximum atomic E-state index is 7.08. The van der Waals surface area contributed by atoms with Crippen molar-refractivity contribution in [3.8, 4) is 12.3 Å². The van der Waals surface area contributed by atoms with E-state index in [0.29, 0.717) is 12.5 Å². The molecule has 7 heteroatoms. The molecule has 0 bridgehead atoms. The average molecular weight is 408 g/mol. The summed E-state index contributed by atoms with van der Waals surface area (Å²) in [5.74, 6) is 3.09. The number of unbranched alkanes of at least 4 members (excludes halogenated alkanes) is 10. The summed E-state index contributed by atoms with van der Waals surface area (Å²) in [5, 5.41) is 13.5. The van der Waals surface area contributed by atoms with Gasteiger partial charge in [0.25, 0.3) is 0 Å². The van der Waals surface area contributed by atoms with E-state index in [1.165, 1.54) is 64.2 Å². The Morgan fingerprint density at radius 1 is 0.862 bits per heavy atom. The number of rotatable bonds is 19. The number of guanidine groups is 2. The van der Waals surface area contributed by atoms with Gasteiger partial charge in [0.05, 0.1) is 0 Å². The second kappa shape index (κ2) is 20.8. The minimum Gasteiger partial charge on any atom is -0.370 e. The van der Waals surface area contributed by atoms with E-state index in [0.717, 1.165) is 39.0 Å². The normalized spacial score (nSPS) is 11.2. The van der Waals surface area contributed by atoms with Crippen molar-refractivity contribution in [3.63, 3.8) is 0 Å². The van der Waals surface area contributed by atoms with Crippen molar-refractivity contribution in [1.29, 1.82) is 5.41 Å². The van der Waals surface area contributed by atoms with Gasteiger partial charge in [-0.05, 0) is 38.8 Å². The number of hydrogen-bond donors (Lipinski definition) is 5. The lowest BCUT2D eigenvalue weighted by atomic mass is 10.1. The summed E-state index contributed by atoms with van der Waals surface area (Å²) in [4.78, 5) is 6.09. The van der Waals surface area contributed by atoms with Crippen LogP contribution in [0, 0.1) is 17.8 Å². The molecule has 0 aliphatic heterocycles. The Bertz CT molecular complexity index is 457. The summed E-state index contributed by atoms with van der Waals surface area (Å²) in [6.45, 7) is 4.40. The first-order valence-electron chi connectivity index (χ1n) is 11.3. The smallest absolute Gasteiger partial charge is 0.191 e. The van der Waals surface area contributed by atoms with Crippen LogP contribution in [-0.4, -0.2) is 56.6 Å². The Hall–Kier alpha value is -1.94. The Labute approximate surface area is 179 Å². The predicted octanol–water partition coefficient (Wildman–Crippen LogP) is 2.62. The predicted molar refractivity (Wildman–Crippen MR) is 126 cm³/mol. The van der Waals surface area contributed by atoms with Gasteiger partial charge in [-0.2, -0.15) is 0 Å². The molecule has 29 heavy (non-hydrogen) atoms. The highest BCUT2D eigenvalue weighted by molar-refractivity contribution is 5.77. The molecule has 0 aliphatic carbocycles. The van der Waals surface area contributed by atoms with E-state index in [9.17, 15) is 0 Å². The molecule has 7 nitrogen and oxygen atoms in total. The van der Waals surface area contributed by atoms with Crippen LogP contribution < -0.4 is 22.1 Å². The van der Waals surface area contributed by atoms with Gasteiger partial charge >= 0.3 is 0 Å². The molecule has 0 rings (SSSR count). The van der Waals surface area contributed by atoms with Gasteiger partial charge in [-0.25, -0.2) is 4.99 Å². The SMILES string of the molecule is C#CCN=C(N)N(C)CCCCCCCCNCCCCCCCCNC(=N)N. The van der Waals surface area contributed by atoms with E-state index in [4.69, 9.17) is 23.3 Å². The molecule has 0 spiro atoms. The summed E-state index contributed by atoms with van der Waals surface area (Å²) in [5.41, 5.74) is 11.1. The minimum atomic E-state index is 0.0766. The van der Waals surface area contributed by atoms with Gasteiger partial charge in [0.2, 0.25) is 0 Å². The van der Waals surface area contributed by atoms with Crippen LogP contribution in [0.3, 0.4) is 0 Å². The molecule has 0 radical (unpaired) electrons. The Morgan fingerprint density at radius 3 is 1.86 bits per heavy atom. The number of nitrogens with one attached hydrogen (secondary N) is 3. The summed E-state index contributed by atoms with van der Waals surface area (Å²) in [6, 6.07) is 0. The molecule has 0 aromatic carbocycles. The quantitative estimate of drug-likeness (QED) is 0.0977. The van der Waals surface area contributed by atoms with Crippen LogP contribution in [-0.2, 0) is 0 Å². The molecule has 0 heterocycles. The van der Waals surface area contributed by atoms with Crippen LogP contribution in [0.4, 0.5) is 0 Å². The topological polar surface area (TPSA) is 116 Å². The third kappa shape index (κ3) is 20.6. The van der Waals surface area contributed by atoms with Gasteiger partial charge in [0.15, 0.2) is 11.9 Å². The number of hydrogen-bond acceptors (Lipinski definition) is 3. The summed E-state index contributed by atoms with van der Waals surface area (Å²) in [7, 11) is 1.97. The van der Waals surface area contributed by atoms with E-state index < -0.39 is 0 Å². The first-order chi connectivity index (χ1) is 14.1. The van der Waals surface area contributed by atoms with Gasteiger partial charge in [-0.3, -0.25) is 5.41 Å². The monoisotopic (exact) mass is 407 g/mol. The molecule has 168 valence electrons. The summed E-state index contributed by atoms with van der Waals surface area (Å²) < 4.78 is 0. The minimum absolute atomic E-state index is 0.0766. The maximum absolute atomic E-state index is 7.08. The molecule has 0 atom stereocenters. The lowest BCUT2D eigenvalue weighted by Gasteiger charge is -2.17. The fourth-order valence-corrected chi connectivity index (χ4v) is 3.10. The standard InChI is InChI=1S/C22H45N7/c1-3-16-28-22(25)29(2)20-15-11-7-6-9-13-18-26-17-12-8-4-5-10-14-19-27-21(23)24/h1,26H,4-20H2,2H3,(H2,25,28)(H4,23,24,27). The maximum Gasteiger partial charge on any atom is 0.191 e. The van der Waals surface area contributed by atoms with Gasteiger partial charge in [-0.15, -0.1) is 6.42 Å². The Morgan fingerprint density at radius 2 is 1.34 bits per heavy atom. The molecule has 0 unspecified atom stereocenters. The molecular weight excluding hydrogens is 362 g/mol. The highest BCUT2D eigenvalue weighted by atomic mass is 15.2. The molecule has 0 aliphatic rings. The van der Waals surface area contributed by atoms with Gasteiger partial charge in [0, 0.05) is 20.1 Å². The molecule has 0 fully saturated rings. The van der Waals surface area contributed by atoms with E-state index in [-0.39, 0.29) is 5.96 Å². The van der Waals surface area contributed by atoms with Crippen molar-refractivity contribution >= 4 is 11.9 Å². The Balaban J connectivity index is 3.21. The summed E-state index contributed by atoms with van der Waals surface area (Å²) >= 11 is 0. The third-order valence-corrected chi connectivity index (χ3v) is 4.92. The van der Waals surface area contributed by atoms with Crippen LogP contribution in [0.25, 0.3) is 0 Å². The highest BCUT2D eigenvalue weighted by Gasteiger charge is 2.00. The highest BCUT2D eigenvalue weighted by Crippen LogP contribution is 2.06. The number of nitrogens with zero attached hydrogens (tertiary/aromatic N) is 2. The van der Waals surface area contributed by atoms with E-state index >= 15 is 0 Å². The molecule has 0 aromatic heterocycles.